The lowest BCUT2D eigenvalue weighted by atomic mass is 9.97. The van der Waals surface area contributed by atoms with E-state index in [0.717, 1.165) is 28.0 Å². The average molecular weight is 333 g/mol. The number of benzene rings is 1. The summed E-state index contributed by atoms with van der Waals surface area (Å²) in [4.78, 5) is 22.7. The number of hydrogen-bond donors (Lipinski definition) is 1. The molecule has 1 aliphatic rings. The van der Waals surface area contributed by atoms with Crippen LogP contribution in [0.4, 0.5) is 5.82 Å². The summed E-state index contributed by atoms with van der Waals surface area (Å²) in [5.41, 5.74) is 2.79. The molecule has 1 saturated heterocycles. The molecule has 3 aromatic rings. The number of carboxylic acid groups (broad SMARTS) is 1. The number of anilines is 1. The number of carbonyl (C=O) groups is 1. The fraction of sp³-hybridized carbons (Fsp3) is 0.250. The third-order valence-electron chi connectivity index (χ3n) is 4.79. The van der Waals surface area contributed by atoms with Crippen LogP contribution in [0.15, 0.2) is 54.7 Å². The third kappa shape index (κ3) is 3.05. The van der Waals surface area contributed by atoms with Crippen LogP contribution >= 0.6 is 0 Å². The highest BCUT2D eigenvalue weighted by Gasteiger charge is 2.25. The Balaban J connectivity index is 1.75. The van der Waals surface area contributed by atoms with Gasteiger partial charge in [-0.05, 0) is 25.0 Å². The molecule has 5 heteroatoms. The minimum atomic E-state index is -0.694. The number of piperidine rings is 1. The molecule has 0 radical (unpaired) electrons. The molecule has 1 N–H and O–H groups in total. The minimum Gasteiger partial charge on any atom is -0.481 e. The fourth-order valence-corrected chi connectivity index (χ4v) is 3.39. The summed E-state index contributed by atoms with van der Waals surface area (Å²) < 4.78 is 0. The van der Waals surface area contributed by atoms with Crippen molar-refractivity contribution in [1.82, 2.24) is 9.97 Å². The molecule has 0 aliphatic carbocycles. The summed E-state index contributed by atoms with van der Waals surface area (Å²) >= 11 is 0. The zero-order chi connectivity index (χ0) is 17.2. The lowest BCUT2D eigenvalue weighted by Gasteiger charge is -2.31. The monoisotopic (exact) mass is 333 g/mol. The van der Waals surface area contributed by atoms with Crippen LogP contribution < -0.4 is 4.90 Å². The Kier molecular flexibility index (Phi) is 4.06. The summed E-state index contributed by atoms with van der Waals surface area (Å²) in [5.74, 6) is -0.0459. The third-order valence-corrected chi connectivity index (χ3v) is 4.79. The lowest BCUT2D eigenvalue weighted by Crippen LogP contribution is -2.36. The first-order chi connectivity index (χ1) is 12.2. The molecule has 25 heavy (non-hydrogen) atoms. The normalized spacial score (nSPS) is 15.4. The van der Waals surface area contributed by atoms with Crippen LogP contribution in [-0.2, 0) is 4.79 Å². The van der Waals surface area contributed by atoms with Gasteiger partial charge in [0.05, 0.1) is 17.1 Å². The van der Waals surface area contributed by atoms with Gasteiger partial charge in [0.15, 0.2) is 0 Å². The van der Waals surface area contributed by atoms with Crippen molar-refractivity contribution in [3.63, 3.8) is 0 Å². The van der Waals surface area contributed by atoms with Gasteiger partial charge in [-0.3, -0.25) is 9.78 Å². The van der Waals surface area contributed by atoms with Crippen molar-refractivity contribution in [3.8, 4) is 11.3 Å². The van der Waals surface area contributed by atoms with Crippen molar-refractivity contribution >= 4 is 22.7 Å². The molecule has 3 heterocycles. The van der Waals surface area contributed by atoms with E-state index < -0.39 is 5.97 Å². The van der Waals surface area contributed by atoms with Crippen molar-refractivity contribution in [2.24, 2.45) is 5.92 Å². The minimum absolute atomic E-state index is 0.244. The van der Waals surface area contributed by atoms with E-state index in [1.54, 1.807) is 6.20 Å². The molecule has 0 bridgehead atoms. The largest absolute Gasteiger partial charge is 0.481 e. The van der Waals surface area contributed by atoms with E-state index in [2.05, 4.69) is 16.0 Å². The van der Waals surface area contributed by atoms with E-state index in [1.165, 1.54) is 0 Å². The number of rotatable bonds is 3. The summed E-state index contributed by atoms with van der Waals surface area (Å²) in [5, 5.41) is 10.2. The second-order valence-electron chi connectivity index (χ2n) is 6.37. The molecule has 1 aliphatic heterocycles. The number of pyridine rings is 2. The van der Waals surface area contributed by atoms with Gasteiger partial charge in [0.2, 0.25) is 0 Å². The molecule has 1 aromatic carbocycles. The maximum atomic E-state index is 11.2. The molecular weight excluding hydrogens is 314 g/mol. The SMILES string of the molecule is O=C(O)C1CCN(c2cc3cccnc3c(-c3ccccc3)n2)CC1. The van der Waals surface area contributed by atoms with Crippen LogP contribution in [0.2, 0.25) is 0 Å². The smallest absolute Gasteiger partial charge is 0.306 e. The second kappa shape index (κ2) is 6.51. The molecule has 0 unspecified atom stereocenters. The lowest BCUT2D eigenvalue weighted by molar-refractivity contribution is -0.142. The quantitative estimate of drug-likeness (QED) is 0.793. The van der Waals surface area contributed by atoms with Crippen molar-refractivity contribution < 1.29 is 9.90 Å². The van der Waals surface area contributed by atoms with Gasteiger partial charge in [-0.15, -0.1) is 0 Å². The zero-order valence-corrected chi connectivity index (χ0v) is 13.8. The van der Waals surface area contributed by atoms with Crippen LogP contribution in [0, 0.1) is 5.92 Å². The van der Waals surface area contributed by atoms with Crippen molar-refractivity contribution in [1.29, 1.82) is 0 Å². The van der Waals surface area contributed by atoms with Crippen LogP contribution in [0.1, 0.15) is 12.8 Å². The Morgan fingerprint density at radius 1 is 1.08 bits per heavy atom. The van der Waals surface area contributed by atoms with Crippen molar-refractivity contribution in [2.75, 3.05) is 18.0 Å². The maximum absolute atomic E-state index is 11.2. The Bertz CT molecular complexity index is 903. The summed E-state index contributed by atoms with van der Waals surface area (Å²) in [7, 11) is 0. The summed E-state index contributed by atoms with van der Waals surface area (Å²) in [6, 6.07) is 16.1. The van der Waals surface area contributed by atoms with Gasteiger partial charge in [0, 0.05) is 30.2 Å². The predicted octanol–water partition coefficient (Wildman–Crippen LogP) is 3.60. The van der Waals surface area contributed by atoms with E-state index in [1.807, 2.05) is 42.5 Å². The highest BCUT2D eigenvalue weighted by Crippen LogP contribution is 2.30. The van der Waals surface area contributed by atoms with Gasteiger partial charge in [-0.1, -0.05) is 36.4 Å². The van der Waals surface area contributed by atoms with E-state index >= 15 is 0 Å². The highest BCUT2D eigenvalue weighted by molar-refractivity contribution is 5.93. The molecular formula is C20H19N3O2. The molecule has 1 fully saturated rings. The first-order valence-corrected chi connectivity index (χ1v) is 8.51. The fourth-order valence-electron chi connectivity index (χ4n) is 3.39. The maximum Gasteiger partial charge on any atom is 0.306 e. The second-order valence-corrected chi connectivity index (χ2v) is 6.37. The van der Waals surface area contributed by atoms with Gasteiger partial charge in [-0.2, -0.15) is 0 Å². The Morgan fingerprint density at radius 2 is 1.84 bits per heavy atom. The molecule has 126 valence electrons. The number of hydrogen-bond acceptors (Lipinski definition) is 4. The first kappa shape index (κ1) is 15.6. The zero-order valence-electron chi connectivity index (χ0n) is 13.8. The van der Waals surface area contributed by atoms with Gasteiger partial charge in [0.25, 0.3) is 0 Å². The summed E-state index contributed by atoms with van der Waals surface area (Å²) in [6.45, 7) is 1.42. The van der Waals surface area contributed by atoms with Gasteiger partial charge < -0.3 is 10.0 Å². The molecule has 0 spiro atoms. The van der Waals surface area contributed by atoms with Crippen LogP contribution in [-0.4, -0.2) is 34.1 Å². The van der Waals surface area contributed by atoms with Gasteiger partial charge in [0.1, 0.15) is 5.82 Å². The number of aromatic nitrogens is 2. The van der Waals surface area contributed by atoms with E-state index in [0.29, 0.717) is 25.9 Å². The van der Waals surface area contributed by atoms with E-state index in [4.69, 9.17) is 4.98 Å². The van der Waals surface area contributed by atoms with Crippen LogP contribution in [0.5, 0.6) is 0 Å². The molecule has 4 rings (SSSR count). The Labute approximate surface area is 146 Å². The summed E-state index contributed by atoms with van der Waals surface area (Å²) in [6.07, 6.45) is 3.10. The molecule has 0 atom stereocenters. The van der Waals surface area contributed by atoms with Crippen molar-refractivity contribution in [2.45, 2.75) is 12.8 Å². The topological polar surface area (TPSA) is 66.3 Å². The van der Waals surface area contributed by atoms with E-state index in [9.17, 15) is 9.90 Å². The predicted molar refractivity (Wildman–Crippen MR) is 97.5 cm³/mol. The van der Waals surface area contributed by atoms with E-state index in [-0.39, 0.29) is 5.92 Å². The molecule has 0 amide bonds. The van der Waals surface area contributed by atoms with Gasteiger partial charge >= 0.3 is 5.97 Å². The number of fused-ring (bicyclic) bond motifs is 1. The van der Waals surface area contributed by atoms with Crippen LogP contribution in [0.3, 0.4) is 0 Å². The molecule has 5 nitrogen and oxygen atoms in total. The number of aliphatic carboxylic acids is 1. The average Bonchev–Trinajstić information content (AvgIpc) is 2.68. The Hall–Kier alpha value is -2.95. The number of carboxylic acids is 1. The molecule has 2 aromatic heterocycles. The van der Waals surface area contributed by atoms with Crippen molar-refractivity contribution in [3.05, 3.63) is 54.7 Å². The first-order valence-electron chi connectivity index (χ1n) is 8.51. The number of nitrogens with zero attached hydrogens (tertiary/aromatic N) is 3. The molecule has 0 saturated carbocycles. The van der Waals surface area contributed by atoms with Gasteiger partial charge in [-0.25, -0.2) is 4.98 Å². The van der Waals surface area contributed by atoms with Crippen LogP contribution in [0.25, 0.3) is 22.2 Å². The standard InChI is InChI=1S/C20H19N3O2/c24-20(25)15-8-11-23(12-9-15)17-13-16-7-4-10-21-18(16)19(22-17)14-5-2-1-3-6-14/h1-7,10,13,15H,8-9,11-12H2,(H,24,25). The Morgan fingerprint density at radius 3 is 2.56 bits per heavy atom. The highest BCUT2D eigenvalue weighted by atomic mass is 16.4.